The van der Waals surface area contributed by atoms with Crippen molar-refractivity contribution in [3.05, 3.63) is 42.0 Å². The van der Waals surface area contributed by atoms with Crippen molar-refractivity contribution in [3.63, 3.8) is 0 Å². The van der Waals surface area contributed by atoms with E-state index < -0.39 is 35.9 Å². The number of esters is 1. The maximum absolute atomic E-state index is 12.6. The number of imide groups is 1. The second kappa shape index (κ2) is 8.27. The lowest BCUT2D eigenvalue weighted by Crippen LogP contribution is -2.46. The zero-order valence-corrected chi connectivity index (χ0v) is 16.1. The third-order valence-corrected chi connectivity index (χ3v) is 5.24. The van der Waals surface area contributed by atoms with Crippen molar-refractivity contribution in [2.24, 2.45) is 11.8 Å². The molecule has 0 radical (unpaired) electrons. The van der Waals surface area contributed by atoms with Crippen molar-refractivity contribution in [3.8, 4) is 6.07 Å². The molecule has 1 heterocycles. The summed E-state index contributed by atoms with van der Waals surface area (Å²) in [6, 6.07) is 7.27. The third-order valence-electron chi connectivity index (χ3n) is 5.24. The number of allylic oxidation sites excluding steroid dienone is 2. The first-order valence-corrected chi connectivity index (χ1v) is 9.37. The molecule has 0 saturated carbocycles. The molecule has 4 atom stereocenters. The van der Waals surface area contributed by atoms with E-state index in [4.69, 9.17) is 10.00 Å². The second-order valence-electron chi connectivity index (χ2n) is 7.10. The normalized spacial score (nSPS) is 22.4. The van der Waals surface area contributed by atoms with Gasteiger partial charge in [0.15, 0.2) is 6.10 Å². The summed E-state index contributed by atoms with van der Waals surface area (Å²) in [6.45, 7) is 2.80. The van der Waals surface area contributed by atoms with Gasteiger partial charge in [-0.2, -0.15) is 5.26 Å². The molecular weight excluding hydrogens is 374 g/mol. The molecule has 1 N–H and O–H groups in total. The molecule has 0 bridgehead atoms. The van der Waals surface area contributed by atoms with Crippen LogP contribution in [0.2, 0.25) is 0 Å². The number of benzene rings is 1. The fourth-order valence-corrected chi connectivity index (χ4v) is 3.56. The fraction of sp³-hybridized carbons (Fsp3) is 0.381. The fourth-order valence-electron chi connectivity index (χ4n) is 3.56. The molecule has 29 heavy (non-hydrogen) atoms. The number of carbonyl (C=O) groups is 4. The van der Waals surface area contributed by atoms with E-state index in [0.717, 1.165) is 4.90 Å². The Labute approximate surface area is 168 Å². The van der Waals surface area contributed by atoms with Crippen LogP contribution in [0.4, 0.5) is 5.69 Å². The van der Waals surface area contributed by atoms with E-state index >= 15 is 0 Å². The van der Waals surface area contributed by atoms with Crippen molar-refractivity contribution in [2.75, 3.05) is 5.32 Å². The average Bonchev–Trinajstić information content (AvgIpc) is 2.98. The Morgan fingerprint density at radius 2 is 1.72 bits per heavy atom. The number of rotatable bonds is 5. The van der Waals surface area contributed by atoms with Crippen LogP contribution in [0, 0.1) is 23.2 Å². The van der Waals surface area contributed by atoms with Gasteiger partial charge in [0.2, 0.25) is 11.8 Å². The molecule has 8 nitrogen and oxygen atoms in total. The summed E-state index contributed by atoms with van der Waals surface area (Å²) in [4.78, 5) is 51.0. The molecule has 3 amide bonds. The van der Waals surface area contributed by atoms with Crippen LogP contribution in [-0.4, -0.2) is 40.7 Å². The maximum Gasteiger partial charge on any atom is 0.329 e. The monoisotopic (exact) mass is 395 g/mol. The Kier molecular flexibility index (Phi) is 5.78. The standard InChI is InChI=1S/C21H21N3O5/c1-12(24-19(26)15-8-4-5-9-16(15)20(24)27)21(28)29-13(2)18(25)23-17-10-6-3-7-14(17)11-22/h3-7,10,12-13,15-16H,8-9H2,1-2H3,(H,23,25)/t12-,13-,15+,16+/m0/s1. The Balaban J connectivity index is 1.63. The minimum absolute atomic E-state index is 0.275. The number of nitrogens with zero attached hydrogens (tertiary/aromatic N) is 2. The maximum atomic E-state index is 12.6. The van der Waals surface area contributed by atoms with E-state index in [1.54, 1.807) is 24.3 Å². The van der Waals surface area contributed by atoms with Gasteiger partial charge in [0.1, 0.15) is 12.1 Å². The molecule has 1 aromatic rings. The smallest absolute Gasteiger partial charge is 0.329 e. The topological polar surface area (TPSA) is 117 Å². The Morgan fingerprint density at radius 3 is 2.31 bits per heavy atom. The third kappa shape index (κ3) is 3.90. The number of nitriles is 1. The second-order valence-corrected chi connectivity index (χ2v) is 7.10. The van der Waals surface area contributed by atoms with Gasteiger partial charge < -0.3 is 10.1 Å². The summed E-state index contributed by atoms with van der Waals surface area (Å²) in [5, 5.41) is 11.6. The number of hydrogen-bond acceptors (Lipinski definition) is 6. The number of likely N-dealkylation sites (tertiary alicyclic amines) is 1. The number of nitrogens with one attached hydrogen (secondary N) is 1. The number of fused-ring (bicyclic) bond motifs is 1. The molecule has 0 unspecified atom stereocenters. The van der Waals surface area contributed by atoms with Gasteiger partial charge in [-0.1, -0.05) is 24.3 Å². The highest BCUT2D eigenvalue weighted by Crippen LogP contribution is 2.36. The highest BCUT2D eigenvalue weighted by atomic mass is 16.5. The summed E-state index contributed by atoms with van der Waals surface area (Å²) >= 11 is 0. The van der Waals surface area contributed by atoms with Crippen molar-refractivity contribution in [1.82, 2.24) is 4.90 Å². The van der Waals surface area contributed by atoms with Gasteiger partial charge in [-0.15, -0.1) is 0 Å². The average molecular weight is 395 g/mol. The molecule has 8 heteroatoms. The van der Waals surface area contributed by atoms with Crippen LogP contribution in [0.1, 0.15) is 32.3 Å². The van der Waals surface area contributed by atoms with Gasteiger partial charge in [-0.3, -0.25) is 19.3 Å². The molecule has 1 aliphatic carbocycles. The Hall–Kier alpha value is -3.47. The molecule has 1 fully saturated rings. The van der Waals surface area contributed by atoms with Crippen LogP contribution in [0.25, 0.3) is 0 Å². The van der Waals surface area contributed by atoms with Gasteiger partial charge in [-0.05, 0) is 38.8 Å². The number of ether oxygens (including phenoxy) is 1. The number of anilines is 1. The summed E-state index contributed by atoms with van der Waals surface area (Å²) in [6.07, 6.45) is 3.51. The van der Waals surface area contributed by atoms with Crippen LogP contribution < -0.4 is 5.32 Å². The summed E-state index contributed by atoms with van der Waals surface area (Å²) < 4.78 is 5.19. The van der Waals surface area contributed by atoms with Crippen molar-refractivity contribution < 1.29 is 23.9 Å². The first kappa shape index (κ1) is 20.3. The van der Waals surface area contributed by atoms with Crippen LogP contribution in [0.15, 0.2) is 36.4 Å². The molecule has 3 rings (SSSR count). The van der Waals surface area contributed by atoms with Gasteiger partial charge in [-0.25, -0.2) is 4.79 Å². The Bertz CT molecular complexity index is 906. The lowest BCUT2D eigenvalue weighted by Gasteiger charge is -2.23. The number of amides is 3. The zero-order valence-electron chi connectivity index (χ0n) is 16.1. The van der Waals surface area contributed by atoms with Crippen molar-refractivity contribution in [1.29, 1.82) is 5.26 Å². The van der Waals surface area contributed by atoms with Crippen molar-refractivity contribution in [2.45, 2.75) is 38.8 Å². The van der Waals surface area contributed by atoms with E-state index in [9.17, 15) is 19.2 Å². The zero-order chi connectivity index (χ0) is 21.1. The van der Waals surface area contributed by atoms with Crippen LogP contribution in [0.5, 0.6) is 0 Å². The minimum atomic E-state index is -1.17. The van der Waals surface area contributed by atoms with E-state index in [1.165, 1.54) is 13.8 Å². The SMILES string of the molecule is C[C@H](OC(=O)[C@H](C)N1C(=O)[C@@H]2CC=CC[C@H]2C1=O)C(=O)Nc1ccccc1C#N. The van der Waals surface area contributed by atoms with Gasteiger partial charge in [0.25, 0.3) is 5.91 Å². The summed E-state index contributed by atoms with van der Waals surface area (Å²) in [5.41, 5.74) is 0.578. The van der Waals surface area contributed by atoms with Crippen LogP contribution in [-0.2, 0) is 23.9 Å². The molecule has 1 saturated heterocycles. The lowest BCUT2D eigenvalue weighted by molar-refractivity contribution is -0.163. The van der Waals surface area contributed by atoms with E-state index in [-0.39, 0.29) is 17.4 Å². The molecule has 150 valence electrons. The number of carbonyl (C=O) groups excluding carboxylic acids is 4. The first-order chi connectivity index (χ1) is 13.8. The molecule has 1 aliphatic heterocycles. The molecular formula is C21H21N3O5. The minimum Gasteiger partial charge on any atom is -0.451 e. The van der Waals surface area contributed by atoms with Crippen LogP contribution in [0.3, 0.4) is 0 Å². The summed E-state index contributed by atoms with van der Waals surface area (Å²) in [5.74, 6) is -3.10. The highest BCUT2D eigenvalue weighted by Gasteiger charge is 2.50. The number of para-hydroxylation sites is 1. The van der Waals surface area contributed by atoms with E-state index in [0.29, 0.717) is 18.5 Å². The molecule has 0 aromatic heterocycles. The van der Waals surface area contributed by atoms with Gasteiger partial charge >= 0.3 is 5.97 Å². The lowest BCUT2D eigenvalue weighted by atomic mass is 9.85. The molecule has 2 aliphatic rings. The first-order valence-electron chi connectivity index (χ1n) is 9.37. The number of hydrogen-bond donors (Lipinski definition) is 1. The Morgan fingerprint density at radius 1 is 1.14 bits per heavy atom. The van der Waals surface area contributed by atoms with Gasteiger partial charge in [0, 0.05) is 0 Å². The largest absolute Gasteiger partial charge is 0.451 e. The predicted octanol–water partition coefficient (Wildman–Crippen LogP) is 1.77. The quantitative estimate of drug-likeness (QED) is 0.461. The van der Waals surface area contributed by atoms with Crippen LogP contribution >= 0.6 is 0 Å². The predicted molar refractivity (Wildman–Crippen MR) is 102 cm³/mol. The molecule has 0 spiro atoms. The van der Waals surface area contributed by atoms with E-state index in [2.05, 4.69) is 5.32 Å². The highest BCUT2D eigenvalue weighted by molar-refractivity contribution is 6.08. The van der Waals surface area contributed by atoms with Crippen molar-refractivity contribution >= 4 is 29.4 Å². The summed E-state index contributed by atoms with van der Waals surface area (Å²) in [7, 11) is 0. The molecule has 1 aromatic carbocycles. The van der Waals surface area contributed by atoms with Gasteiger partial charge in [0.05, 0.1) is 23.1 Å². The van der Waals surface area contributed by atoms with E-state index in [1.807, 2.05) is 18.2 Å².